The maximum Gasteiger partial charge on any atom is 0.0867 e. The molecule has 4 aliphatic carbocycles. The molecule has 0 spiro atoms. The van der Waals surface area contributed by atoms with E-state index in [4.69, 9.17) is 0 Å². The van der Waals surface area contributed by atoms with Gasteiger partial charge < -0.3 is 0 Å². The lowest BCUT2D eigenvalue weighted by molar-refractivity contribution is 0.244. The minimum Gasteiger partial charge on any atom is -0.279 e. The lowest BCUT2D eigenvalue weighted by atomic mass is 9.73. The predicted octanol–water partition coefficient (Wildman–Crippen LogP) is 7.69. The van der Waals surface area contributed by atoms with Gasteiger partial charge in [0.25, 0.3) is 0 Å². The van der Waals surface area contributed by atoms with E-state index in [1.807, 2.05) is 0 Å². The molecule has 1 aliphatic heterocycles. The quantitative estimate of drug-likeness (QED) is 0.306. The molecule has 2 aromatic rings. The van der Waals surface area contributed by atoms with Crippen LogP contribution in [0.15, 0.2) is 155 Å². The summed E-state index contributed by atoms with van der Waals surface area (Å²) < 4.78 is 0. The first-order valence-electron chi connectivity index (χ1n) is 16.1. The van der Waals surface area contributed by atoms with Crippen LogP contribution in [-0.4, -0.2) is 21.1 Å². The molecule has 43 heavy (non-hydrogen) atoms. The molecule has 0 radical (unpaired) electrons. The number of benzene rings is 2. The largest absolute Gasteiger partial charge is 0.279 e. The van der Waals surface area contributed by atoms with Gasteiger partial charge in [0, 0.05) is 17.8 Å². The summed E-state index contributed by atoms with van der Waals surface area (Å²) in [5.74, 6) is 1.31. The third-order valence-corrected chi connectivity index (χ3v) is 11.4. The highest BCUT2D eigenvalue weighted by molar-refractivity contribution is 6.65. The summed E-state index contributed by atoms with van der Waals surface area (Å²) in [6, 6.07) is 21.7. The number of nitrogens with one attached hydrogen (secondary N) is 3. The highest BCUT2D eigenvalue weighted by atomic mass is 28.3. The average Bonchev–Trinajstić information content (AvgIpc) is 3.08. The molecule has 0 saturated carbocycles. The van der Waals surface area contributed by atoms with Gasteiger partial charge in [-0.1, -0.05) is 146 Å². The molecule has 0 aromatic heterocycles. The topological polar surface area (TPSA) is 36.1 Å². The van der Waals surface area contributed by atoms with E-state index in [9.17, 15) is 0 Å². The van der Waals surface area contributed by atoms with Gasteiger partial charge in [0.2, 0.25) is 0 Å². The van der Waals surface area contributed by atoms with E-state index >= 15 is 0 Å². The predicted molar refractivity (Wildman–Crippen MR) is 183 cm³/mol. The van der Waals surface area contributed by atoms with Gasteiger partial charge in [0.15, 0.2) is 0 Å². The first-order chi connectivity index (χ1) is 21.2. The van der Waals surface area contributed by atoms with Crippen LogP contribution in [0.2, 0.25) is 13.1 Å². The van der Waals surface area contributed by atoms with Crippen LogP contribution in [0.25, 0.3) is 0 Å². The summed E-state index contributed by atoms with van der Waals surface area (Å²) in [5.41, 5.74) is 8.52. The molecule has 3 nitrogen and oxygen atoms in total. The fraction of sp³-hybridized carbons (Fsp3) is 0.282. The molecular formula is C39H43N3Si. The molecule has 5 aliphatic rings. The number of fused-ring (bicyclic) bond motifs is 1. The maximum atomic E-state index is 4.02. The van der Waals surface area contributed by atoms with Crippen LogP contribution in [0.3, 0.4) is 0 Å². The van der Waals surface area contributed by atoms with E-state index in [0.717, 1.165) is 19.3 Å². The molecule has 1 saturated heterocycles. The van der Waals surface area contributed by atoms with Crippen LogP contribution < -0.4 is 16.0 Å². The van der Waals surface area contributed by atoms with E-state index in [1.54, 1.807) is 16.3 Å². The van der Waals surface area contributed by atoms with Crippen LogP contribution in [0.4, 0.5) is 0 Å². The molecule has 6 unspecified atom stereocenters. The Balaban J connectivity index is 1.25. The van der Waals surface area contributed by atoms with Crippen LogP contribution in [0.1, 0.15) is 42.5 Å². The van der Waals surface area contributed by atoms with Crippen molar-refractivity contribution in [3.05, 3.63) is 166 Å². The van der Waals surface area contributed by atoms with Gasteiger partial charge in [-0.05, 0) is 52.7 Å². The van der Waals surface area contributed by atoms with Gasteiger partial charge in [-0.3, -0.25) is 16.0 Å². The van der Waals surface area contributed by atoms with E-state index in [1.165, 1.54) is 22.3 Å². The molecule has 0 amide bonds. The zero-order valence-electron chi connectivity index (χ0n) is 25.3. The number of hydrogen-bond donors (Lipinski definition) is 3. The SMILES string of the molecule is C[SiH](C)C1=C(C2=C(C3NC(C4=CCC(c5ccccc5)C=C4)NC(c4ccccc4)N3)C=CCC2)C2C=CC=CC2C=C1. The van der Waals surface area contributed by atoms with Crippen molar-refractivity contribution in [3.8, 4) is 0 Å². The summed E-state index contributed by atoms with van der Waals surface area (Å²) in [4.78, 5) is 0. The number of allylic oxidation sites excluding steroid dienone is 12. The first kappa shape index (κ1) is 28.2. The zero-order chi connectivity index (χ0) is 29.2. The molecule has 4 heteroatoms. The van der Waals surface area contributed by atoms with Gasteiger partial charge in [-0.25, -0.2) is 0 Å². The van der Waals surface area contributed by atoms with Crippen molar-refractivity contribution in [1.82, 2.24) is 16.0 Å². The lowest BCUT2D eigenvalue weighted by Gasteiger charge is -2.43. The Morgan fingerprint density at radius 2 is 1.42 bits per heavy atom. The summed E-state index contributed by atoms with van der Waals surface area (Å²) in [6.45, 7) is 4.96. The average molecular weight is 582 g/mol. The molecule has 2 aromatic carbocycles. The third-order valence-electron chi connectivity index (χ3n) is 9.61. The summed E-state index contributed by atoms with van der Waals surface area (Å²) in [5, 5.41) is 13.5. The van der Waals surface area contributed by atoms with Crippen molar-refractivity contribution >= 4 is 8.80 Å². The zero-order valence-corrected chi connectivity index (χ0v) is 26.4. The Morgan fingerprint density at radius 1 is 0.698 bits per heavy atom. The Morgan fingerprint density at radius 3 is 2.16 bits per heavy atom. The molecule has 0 bridgehead atoms. The highest BCUT2D eigenvalue weighted by Gasteiger charge is 2.36. The molecule has 7 rings (SSSR count). The lowest BCUT2D eigenvalue weighted by Crippen LogP contribution is -2.64. The van der Waals surface area contributed by atoms with Crippen molar-refractivity contribution in [2.75, 3.05) is 0 Å². The normalized spacial score (nSPS) is 30.2. The molecular weight excluding hydrogens is 539 g/mol. The standard InChI is InChI=1S/C39H43N3Si/c1-43(2)35-26-25-29-15-9-10-18-32(29)36(35)33-19-11-12-20-34(33)39-41-37(30-16-7-4-8-17-30)40-38(42-39)31-23-21-28(22-24-31)27-13-5-3-6-14-27/h3-10,12-18,20-21,23-26,28-29,32,37-43H,11,19,22H2,1-2H3. The molecule has 218 valence electrons. The van der Waals surface area contributed by atoms with Crippen molar-refractivity contribution < 1.29 is 0 Å². The molecule has 6 atom stereocenters. The van der Waals surface area contributed by atoms with Crippen LogP contribution in [0, 0.1) is 11.8 Å². The van der Waals surface area contributed by atoms with E-state index in [0.29, 0.717) is 17.8 Å². The maximum absolute atomic E-state index is 4.02. The second-order valence-electron chi connectivity index (χ2n) is 12.7. The summed E-state index contributed by atoms with van der Waals surface area (Å²) in [7, 11) is -1.04. The van der Waals surface area contributed by atoms with Gasteiger partial charge in [-0.2, -0.15) is 0 Å². The fourth-order valence-corrected chi connectivity index (χ4v) is 8.85. The van der Waals surface area contributed by atoms with Crippen LogP contribution in [-0.2, 0) is 0 Å². The monoisotopic (exact) mass is 581 g/mol. The van der Waals surface area contributed by atoms with Gasteiger partial charge in [-0.15, -0.1) is 0 Å². The Kier molecular flexibility index (Phi) is 8.27. The van der Waals surface area contributed by atoms with E-state index in [-0.39, 0.29) is 18.5 Å². The second kappa shape index (κ2) is 12.6. The highest BCUT2D eigenvalue weighted by Crippen LogP contribution is 2.43. The van der Waals surface area contributed by atoms with Crippen molar-refractivity contribution in [1.29, 1.82) is 0 Å². The van der Waals surface area contributed by atoms with Crippen molar-refractivity contribution in [3.63, 3.8) is 0 Å². The second-order valence-corrected chi connectivity index (χ2v) is 15.6. The molecule has 3 N–H and O–H groups in total. The summed E-state index contributed by atoms with van der Waals surface area (Å²) >= 11 is 0. The van der Waals surface area contributed by atoms with Gasteiger partial charge in [0.1, 0.15) is 0 Å². The van der Waals surface area contributed by atoms with Crippen LogP contribution in [0.5, 0.6) is 0 Å². The minimum atomic E-state index is -1.04. The van der Waals surface area contributed by atoms with Crippen molar-refractivity contribution in [2.24, 2.45) is 11.8 Å². The Hall–Kier alpha value is -3.54. The van der Waals surface area contributed by atoms with Crippen molar-refractivity contribution in [2.45, 2.75) is 56.8 Å². The van der Waals surface area contributed by atoms with Gasteiger partial charge >= 0.3 is 0 Å². The Bertz CT molecular complexity index is 1570. The van der Waals surface area contributed by atoms with E-state index < -0.39 is 8.80 Å². The summed E-state index contributed by atoms with van der Waals surface area (Å²) in [6.07, 6.45) is 29.5. The third kappa shape index (κ3) is 5.85. The smallest absolute Gasteiger partial charge is 0.0867 e. The van der Waals surface area contributed by atoms with Gasteiger partial charge in [0.05, 0.1) is 27.3 Å². The van der Waals surface area contributed by atoms with Crippen LogP contribution >= 0.6 is 0 Å². The minimum absolute atomic E-state index is 0.0270. The number of hydrogen-bond acceptors (Lipinski definition) is 3. The Labute approximate surface area is 258 Å². The molecule has 1 heterocycles. The fourth-order valence-electron chi connectivity index (χ4n) is 7.37. The van der Waals surface area contributed by atoms with E-state index in [2.05, 4.69) is 157 Å². The number of rotatable bonds is 6. The molecule has 1 fully saturated rings. The first-order valence-corrected chi connectivity index (χ1v) is 19.0.